The molecule has 3 rings (SSSR count). The molecule has 3 aromatic carbocycles. The smallest absolute Gasteiger partial charge is 0.261 e. The Morgan fingerprint density at radius 2 is 1.68 bits per heavy atom. The molecule has 196 valence electrons. The Morgan fingerprint density at radius 1 is 0.946 bits per heavy atom. The largest absolute Gasteiger partial charge is 0.483 e. The lowest BCUT2D eigenvalue weighted by molar-refractivity contribution is -0.142. The molecule has 0 aromatic heterocycles. The Balaban J connectivity index is 1.94. The molecule has 1 atom stereocenters. The quantitative estimate of drug-likeness (QED) is 0.303. The molecule has 0 bridgehead atoms. The van der Waals surface area contributed by atoms with Crippen molar-refractivity contribution in [2.75, 3.05) is 13.2 Å². The van der Waals surface area contributed by atoms with Crippen molar-refractivity contribution in [3.8, 4) is 5.75 Å². The van der Waals surface area contributed by atoms with Crippen molar-refractivity contribution in [1.29, 1.82) is 0 Å². The summed E-state index contributed by atoms with van der Waals surface area (Å²) in [5.41, 5.74) is 4.86. The molecule has 0 spiro atoms. The summed E-state index contributed by atoms with van der Waals surface area (Å²) in [6.07, 6.45) is 1.16. The number of hydrogen-bond acceptors (Lipinski definition) is 3. The van der Waals surface area contributed by atoms with Gasteiger partial charge in [-0.05, 0) is 73.2 Å². The molecule has 2 amide bonds. The average molecular weight is 542 g/mol. The van der Waals surface area contributed by atoms with Crippen LogP contribution in [0.15, 0.2) is 60.7 Å². The number of ether oxygens (including phenoxy) is 1. The van der Waals surface area contributed by atoms with Crippen molar-refractivity contribution >= 4 is 35.0 Å². The van der Waals surface area contributed by atoms with E-state index in [1.54, 1.807) is 17.0 Å². The van der Waals surface area contributed by atoms with Crippen molar-refractivity contribution in [3.63, 3.8) is 0 Å². The lowest BCUT2D eigenvalue weighted by atomic mass is 10.0. The molecule has 0 heterocycles. The van der Waals surface area contributed by atoms with Gasteiger partial charge in [0.2, 0.25) is 5.91 Å². The van der Waals surface area contributed by atoms with Crippen LogP contribution in [0.5, 0.6) is 5.75 Å². The summed E-state index contributed by atoms with van der Waals surface area (Å²) in [6.45, 7) is 8.48. The van der Waals surface area contributed by atoms with E-state index in [-0.39, 0.29) is 25.0 Å². The Hall–Kier alpha value is -3.02. The Kier molecular flexibility index (Phi) is 10.4. The molecule has 7 heteroatoms. The van der Waals surface area contributed by atoms with Gasteiger partial charge in [-0.15, -0.1) is 0 Å². The van der Waals surface area contributed by atoms with Gasteiger partial charge in [0.15, 0.2) is 6.61 Å². The summed E-state index contributed by atoms with van der Waals surface area (Å²) in [5.74, 6) is 0.161. The Labute approximate surface area is 229 Å². The van der Waals surface area contributed by atoms with Crippen LogP contribution >= 0.6 is 23.2 Å². The maximum atomic E-state index is 13.7. The first-order valence-electron chi connectivity index (χ1n) is 12.4. The van der Waals surface area contributed by atoms with Gasteiger partial charge in [-0.25, -0.2) is 0 Å². The molecule has 37 heavy (non-hydrogen) atoms. The number of amides is 2. The van der Waals surface area contributed by atoms with E-state index in [2.05, 4.69) is 11.4 Å². The molecule has 0 aliphatic heterocycles. The van der Waals surface area contributed by atoms with E-state index < -0.39 is 6.04 Å². The molecule has 0 saturated heterocycles. The molecule has 1 N–H and O–H groups in total. The predicted molar refractivity (Wildman–Crippen MR) is 150 cm³/mol. The lowest BCUT2D eigenvalue weighted by Gasteiger charge is -2.31. The van der Waals surface area contributed by atoms with Gasteiger partial charge < -0.3 is 15.0 Å². The van der Waals surface area contributed by atoms with Gasteiger partial charge in [0.1, 0.15) is 11.8 Å². The molecule has 0 unspecified atom stereocenters. The topological polar surface area (TPSA) is 58.6 Å². The molecule has 0 fully saturated rings. The van der Waals surface area contributed by atoms with Gasteiger partial charge in [-0.2, -0.15) is 0 Å². The monoisotopic (exact) mass is 540 g/mol. The first-order chi connectivity index (χ1) is 17.7. The van der Waals surface area contributed by atoms with Crippen LogP contribution in [0.25, 0.3) is 0 Å². The third kappa shape index (κ3) is 7.98. The number of aryl methyl sites for hydroxylation is 2. The lowest BCUT2D eigenvalue weighted by Crippen LogP contribution is -2.51. The summed E-state index contributed by atoms with van der Waals surface area (Å²) in [6, 6.07) is 18.2. The minimum atomic E-state index is -0.736. The summed E-state index contributed by atoms with van der Waals surface area (Å²) >= 11 is 12.4. The number of carbonyl (C=O) groups excluding carboxylic acids is 2. The Bertz CT molecular complexity index is 1230. The van der Waals surface area contributed by atoms with E-state index in [1.165, 1.54) is 0 Å². The van der Waals surface area contributed by atoms with Crippen molar-refractivity contribution < 1.29 is 14.3 Å². The van der Waals surface area contributed by atoms with Crippen LogP contribution in [0.3, 0.4) is 0 Å². The predicted octanol–water partition coefficient (Wildman–Crippen LogP) is 6.46. The summed E-state index contributed by atoms with van der Waals surface area (Å²) in [5, 5.41) is 3.79. The molecule has 0 aliphatic rings. The van der Waals surface area contributed by atoms with Crippen LogP contribution in [0.2, 0.25) is 10.0 Å². The van der Waals surface area contributed by atoms with E-state index >= 15 is 0 Å². The molecule has 0 saturated carbocycles. The molecule has 5 nitrogen and oxygen atoms in total. The highest BCUT2D eigenvalue weighted by atomic mass is 35.5. The van der Waals surface area contributed by atoms with Crippen LogP contribution in [0, 0.1) is 20.8 Å². The van der Waals surface area contributed by atoms with Crippen molar-refractivity contribution in [3.05, 3.63) is 98.5 Å². The molecule has 3 aromatic rings. The zero-order valence-electron chi connectivity index (χ0n) is 21.8. The average Bonchev–Trinajstić information content (AvgIpc) is 2.88. The van der Waals surface area contributed by atoms with Gasteiger partial charge in [0, 0.05) is 19.5 Å². The molecule has 0 radical (unpaired) electrons. The maximum Gasteiger partial charge on any atom is 0.261 e. The highest BCUT2D eigenvalue weighted by molar-refractivity contribution is 6.42. The van der Waals surface area contributed by atoms with Gasteiger partial charge in [-0.3, -0.25) is 9.59 Å². The number of nitrogens with one attached hydrogen (secondary N) is 1. The summed E-state index contributed by atoms with van der Waals surface area (Å²) in [7, 11) is 0. The fourth-order valence-corrected chi connectivity index (χ4v) is 4.45. The van der Waals surface area contributed by atoms with Gasteiger partial charge in [0.05, 0.1) is 10.0 Å². The third-order valence-corrected chi connectivity index (χ3v) is 7.01. The minimum Gasteiger partial charge on any atom is -0.483 e. The number of rotatable bonds is 11. The number of benzene rings is 3. The van der Waals surface area contributed by atoms with E-state index in [4.69, 9.17) is 27.9 Å². The molecule has 0 aliphatic carbocycles. The first kappa shape index (κ1) is 28.5. The highest BCUT2D eigenvalue weighted by Gasteiger charge is 2.30. The second-order valence-corrected chi connectivity index (χ2v) is 10.1. The molecular weight excluding hydrogens is 507 g/mol. The van der Waals surface area contributed by atoms with Gasteiger partial charge in [0.25, 0.3) is 5.91 Å². The number of halogens is 2. The van der Waals surface area contributed by atoms with Crippen molar-refractivity contribution in [1.82, 2.24) is 10.2 Å². The standard InChI is InChI=1S/C30H34Cl2N2O3/c1-5-13-33-30(36)27(17-23-9-7-6-8-10-23)34(18-24-11-12-25(31)26(32)16-24)29(35)19-37-28-15-20(2)14-21(3)22(28)4/h6-12,14-16,27H,5,13,17-19H2,1-4H3,(H,33,36)/t27-/m0/s1. The fourth-order valence-electron chi connectivity index (χ4n) is 4.13. The minimum absolute atomic E-state index is 0.182. The van der Waals surface area contributed by atoms with Gasteiger partial charge in [-0.1, -0.05) is 72.6 Å². The van der Waals surface area contributed by atoms with E-state index in [0.717, 1.165) is 34.2 Å². The van der Waals surface area contributed by atoms with E-state index in [9.17, 15) is 9.59 Å². The van der Waals surface area contributed by atoms with E-state index in [1.807, 2.05) is 70.2 Å². The van der Waals surface area contributed by atoms with Crippen molar-refractivity contribution in [2.45, 2.75) is 53.1 Å². The van der Waals surface area contributed by atoms with Crippen LogP contribution in [0.4, 0.5) is 0 Å². The zero-order chi connectivity index (χ0) is 26.9. The number of hydrogen-bond donors (Lipinski definition) is 1. The van der Waals surface area contributed by atoms with Crippen LogP contribution in [-0.4, -0.2) is 35.9 Å². The van der Waals surface area contributed by atoms with Crippen LogP contribution < -0.4 is 10.1 Å². The van der Waals surface area contributed by atoms with Crippen LogP contribution in [0.1, 0.15) is 41.2 Å². The Morgan fingerprint density at radius 3 is 2.35 bits per heavy atom. The normalized spacial score (nSPS) is 11.6. The van der Waals surface area contributed by atoms with Crippen molar-refractivity contribution in [2.24, 2.45) is 0 Å². The number of nitrogens with zero attached hydrogens (tertiary/aromatic N) is 1. The highest BCUT2D eigenvalue weighted by Crippen LogP contribution is 2.26. The number of carbonyl (C=O) groups is 2. The molecular formula is C30H34Cl2N2O3. The van der Waals surface area contributed by atoms with Gasteiger partial charge >= 0.3 is 0 Å². The second kappa shape index (κ2) is 13.5. The summed E-state index contributed by atoms with van der Waals surface area (Å²) < 4.78 is 6.01. The van der Waals surface area contributed by atoms with Crippen LogP contribution in [-0.2, 0) is 22.6 Å². The SMILES string of the molecule is CCCNC(=O)[C@H](Cc1ccccc1)N(Cc1ccc(Cl)c(Cl)c1)C(=O)COc1cc(C)cc(C)c1C. The fraction of sp³-hybridized carbons (Fsp3) is 0.333. The third-order valence-electron chi connectivity index (χ3n) is 6.27. The second-order valence-electron chi connectivity index (χ2n) is 9.26. The zero-order valence-corrected chi connectivity index (χ0v) is 23.3. The first-order valence-corrected chi connectivity index (χ1v) is 13.2. The van der Waals surface area contributed by atoms with E-state index in [0.29, 0.717) is 28.8 Å². The maximum absolute atomic E-state index is 13.7. The summed E-state index contributed by atoms with van der Waals surface area (Å²) in [4.78, 5) is 28.7.